The lowest BCUT2D eigenvalue weighted by molar-refractivity contribution is 0.229. The Labute approximate surface area is 99.8 Å². The van der Waals surface area contributed by atoms with E-state index in [0.29, 0.717) is 0 Å². The quantitative estimate of drug-likeness (QED) is 0.774. The van der Waals surface area contributed by atoms with Crippen molar-refractivity contribution in [2.45, 2.75) is 57.7 Å². The Balaban J connectivity index is 2.18. The van der Waals surface area contributed by atoms with Crippen molar-refractivity contribution in [3.63, 3.8) is 0 Å². The Morgan fingerprint density at radius 1 is 1.33 bits per heavy atom. The van der Waals surface area contributed by atoms with Gasteiger partial charge in [0.25, 0.3) is 0 Å². The Morgan fingerprint density at radius 2 is 2.07 bits per heavy atom. The van der Waals surface area contributed by atoms with Crippen LogP contribution in [0.5, 0.6) is 0 Å². The second kappa shape index (κ2) is 6.80. The number of rotatable bonds is 5. The highest BCUT2D eigenvalue weighted by Crippen LogP contribution is 2.28. The Morgan fingerprint density at radius 3 is 2.73 bits per heavy atom. The number of hydrogen-bond donors (Lipinski definition) is 1. The third-order valence-corrected chi connectivity index (χ3v) is 4.86. The van der Waals surface area contributed by atoms with Gasteiger partial charge in [0.2, 0.25) is 0 Å². The lowest BCUT2D eigenvalue weighted by Gasteiger charge is -2.33. The summed E-state index contributed by atoms with van der Waals surface area (Å²) in [6.45, 7) is 8.32. The predicted octanol–water partition coefficient (Wildman–Crippen LogP) is 3.54. The zero-order chi connectivity index (χ0) is 11.3. The zero-order valence-corrected chi connectivity index (χ0v) is 11.6. The highest BCUT2D eigenvalue weighted by molar-refractivity contribution is 7.99. The van der Waals surface area contributed by atoms with E-state index in [4.69, 9.17) is 0 Å². The summed E-state index contributed by atoms with van der Waals surface area (Å²) in [5, 5.41) is 4.55. The van der Waals surface area contributed by atoms with Crippen LogP contribution in [0.1, 0.15) is 46.5 Å². The predicted molar refractivity (Wildman–Crippen MR) is 71.6 cm³/mol. The minimum atomic E-state index is 0.780. The molecule has 90 valence electrons. The van der Waals surface area contributed by atoms with Gasteiger partial charge in [-0.15, -0.1) is 0 Å². The molecule has 0 bridgehead atoms. The van der Waals surface area contributed by atoms with E-state index in [1.165, 1.54) is 32.2 Å². The van der Waals surface area contributed by atoms with Crippen LogP contribution in [0.25, 0.3) is 0 Å². The minimum absolute atomic E-state index is 0.780. The van der Waals surface area contributed by atoms with Crippen molar-refractivity contribution in [3.05, 3.63) is 0 Å². The average molecular weight is 229 g/mol. The minimum Gasteiger partial charge on any atom is -0.314 e. The highest BCUT2D eigenvalue weighted by atomic mass is 32.2. The van der Waals surface area contributed by atoms with Gasteiger partial charge in [-0.3, -0.25) is 0 Å². The molecule has 1 aliphatic rings. The molecule has 0 aromatic carbocycles. The maximum absolute atomic E-state index is 3.75. The molecule has 0 amide bonds. The van der Waals surface area contributed by atoms with Crippen molar-refractivity contribution in [3.8, 4) is 0 Å². The lowest BCUT2D eigenvalue weighted by atomic mass is 9.80. The van der Waals surface area contributed by atoms with E-state index >= 15 is 0 Å². The van der Waals surface area contributed by atoms with Gasteiger partial charge in [-0.25, -0.2) is 0 Å². The molecule has 0 aliphatic heterocycles. The molecule has 1 saturated carbocycles. The van der Waals surface area contributed by atoms with Gasteiger partial charge in [0.15, 0.2) is 0 Å². The van der Waals surface area contributed by atoms with Gasteiger partial charge in [0, 0.05) is 11.3 Å². The van der Waals surface area contributed by atoms with E-state index in [9.17, 15) is 0 Å². The first kappa shape index (κ1) is 13.4. The molecule has 0 saturated heterocycles. The van der Waals surface area contributed by atoms with Crippen molar-refractivity contribution in [1.29, 1.82) is 0 Å². The molecule has 0 aromatic heterocycles. The first-order valence-electron chi connectivity index (χ1n) is 6.39. The molecule has 1 nitrogen and oxygen atoms in total. The monoisotopic (exact) mass is 229 g/mol. The van der Waals surface area contributed by atoms with Crippen LogP contribution >= 0.6 is 11.8 Å². The molecule has 1 aliphatic carbocycles. The van der Waals surface area contributed by atoms with Crippen molar-refractivity contribution in [1.82, 2.24) is 5.32 Å². The molecule has 0 radical (unpaired) electrons. The third-order valence-electron chi connectivity index (χ3n) is 3.82. The van der Waals surface area contributed by atoms with E-state index in [0.717, 1.165) is 23.1 Å². The second-order valence-electron chi connectivity index (χ2n) is 5.29. The topological polar surface area (TPSA) is 12.0 Å². The summed E-state index contributed by atoms with van der Waals surface area (Å²) in [6.07, 6.45) is 7.74. The van der Waals surface area contributed by atoms with Gasteiger partial charge in [-0.2, -0.15) is 11.8 Å². The standard InChI is InChI=1S/C13H27NS/c1-10-5-6-11(2)13(9-10)14-8-7-12(3)15-4/h10-14H,5-9H2,1-4H3. The summed E-state index contributed by atoms with van der Waals surface area (Å²) in [5.41, 5.74) is 0. The molecule has 0 aromatic rings. The molecule has 1 fully saturated rings. The smallest absolute Gasteiger partial charge is 0.00952 e. The Kier molecular flexibility index (Phi) is 6.06. The summed E-state index contributed by atoms with van der Waals surface area (Å²) in [4.78, 5) is 0. The van der Waals surface area contributed by atoms with Crippen molar-refractivity contribution < 1.29 is 0 Å². The highest BCUT2D eigenvalue weighted by Gasteiger charge is 2.24. The van der Waals surface area contributed by atoms with Gasteiger partial charge in [-0.1, -0.05) is 27.2 Å². The number of thioether (sulfide) groups is 1. The maximum atomic E-state index is 3.75. The van der Waals surface area contributed by atoms with Crippen molar-refractivity contribution >= 4 is 11.8 Å². The summed E-state index contributed by atoms with van der Waals surface area (Å²) in [6, 6.07) is 0.780. The van der Waals surface area contributed by atoms with Crippen LogP contribution < -0.4 is 5.32 Å². The third kappa shape index (κ3) is 4.78. The van der Waals surface area contributed by atoms with Gasteiger partial charge >= 0.3 is 0 Å². The second-order valence-corrected chi connectivity index (χ2v) is 6.57. The molecular weight excluding hydrogens is 202 g/mol. The fraction of sp³-hybridized carbons (Fsp3) is 1.00. The Hall–Kier alpha value is 0.310. The number of hydrogen-bond acceptors (Lipinski definition) is 2. The van der Waals surface area contributed by atoms with Crippen LogP contribution in [0, 0.1) is 11.8 Å². The van der Waals surface area contributed by atoms with Gasteiger partial charge < -0.3 is 5.32 Å². The number of nitrogens with one attached hydrogen (secondary N) is 1. The van der Waals surface area contributed by atoms with Crippen LogP contribution in [0.15, 0.2) is 0 Å². The summed E-state index contributed by atoms with van der Waals surface area (Å²) < 4.78 is 0. The van der Waals surface area contributed by atoms with Crippen LogP contribution in [0.3, 0.4) is 0 Å². The molecule has 1 rings (SSSR count). The normalized spacial score (nSPS) is 34.0. The van der Waals surface area contributed by atoms with Gasteiger partial charge in [0.05, 0.1) is 0 Å². The van der Waals surface area contributed by atoms with Crippen molar-refractivity contribution in [2.24, 2.45) is 11.8 Å². The summed E-state index contributed by atoms with van der Waals surface area (Å²) >= 11 is 1.97. The lowest BCUT2D eigenvalue weighted by Crippen LogP contribution is -2.40. The molecular formula is C13H27NS. The fourth-order valence-corrected chi connectivity index (χ4v) is 2.76. The first-order chi connectivity index (χ1) is 7.13. The van der Waals surface area contributed by atoms with Gasteiger partial charge in [0.1, 0.15) is 0 Å². The molecule has 4 unspecified atom stereocenters. The largest absolute Gasteiger partial charge is 0.314 e. The average Bonchev–Trinajstić information content (AvgIpc) is 2.23. The van der Waals surface area contributed by atoms with E-state index < -0.39 is 0 Å². The summed E-state index contributed by atoms with van der Waals surface area (Å²) in [5.74, 6) is 1.81. The Bertz CT molecular complexity index is 172. The van der Waals surface area contributed by atoms with Crippen LogP contribution in [-0.2, 0) is 0 Å². The molecule has 0 spiro atoms. The molecule has 0 heterocycles. The van der Waals surface area contributed by atoms with Gasteiger partial charge in [-0.05, 0) is 43.9 Å². The van der Waals surface area contributed by atoms with E-state index in [1.54, 1.807) is 0 Å². The molecule has 4 atom stereocenters. The first-order valence-corrected chi connectivity index (χ1v) is 7.68. The molecule has 1 N–H and O–H groups in total. The SMILES string of the molecule is CSC(C)CCNC1CC(C)CCC1C. The van der Waals surface area contributed by atoms with E-state index in [1.807, 2.05) is 11.8 Å². The zero-order valence-electron chi connectivity index (χ0n) is 10.8. The molecule has 2 heteroatoms. The molecule has 15 heavy (non-hydrogen) atoms. The van der Waals surface area contributed by atoms with E-state index in [2.05, 4.69) is 32.3 Å². The van der Waals surface area contributed by atoms with Crippen LogP contribution in [-0.4, -0.2) is 24.1 Å². The fourth-order valence-electron chi connectivity index (χ4n) is 2.41. The van der Waals surface area contributed by atoms with E-state index in [-0.39, 0.29) is 0 Å². The van der Waals surface area contributed by atoms with Crippen molar-refractivity contribution in [2.75, 3.05) is 12.8 Å². The summed E-state index contributed by atoms with van der Waals surface area (Å²) in [7, 11) is 0. The van der Waals surface area contributed by atoms with Crippen LogP contribution in [0.2, 0.25) is 0 Å². The maximum Gasteiger partial charge on any atom is 0.00952 e. The van der Waals surface area contributed by atoms with Crippen LogP contribution in [0.4, 0.5) is 0 Å².